The number of nitrogens with zero attached hydrogens (tertiary/aromatic N) is 5. The second kappa shape index (κ2) is 8.83. The van der Waals surface area contributed by atoms with Crippen molar-refractivity contribution < 1.29 is 18.3 Å². The Hall–Kier alpha value is -3.05. The number of halogens is 2. The Morgan fingerprint density at radius 3 is 2.81 bits per heavy atom. The fourth-order valence-electron chi connectivity index (χ4n) is 4.11. The first-order valence-corrected chi connectivity index (χ1v) is 10.7. The van der Waals surface area contributed by atoms with Gasteiger partial charge in [0, 0.05) is 37.8 Å². The van der Waals surface area contributed by atoms with Crippen LogP contribution in [0.1, 0.15) is 12.8 Å². The number of aromatic nitrogens is 4. The van der Waals surface area contributed by atoms with Gasteiger partial charge in [0.2, 0.25) is 0 Å². The minimum Gasteiger partial charge on any atom is -0.493 e. The van der Waals surface area contributed by atoms with E-state index in [-0.39, 0.29) is 17.6 Å². The number of morpholine rings is 1. The van der Waals surface area contributed by atoms with E-state index in [2.05, 4.69) is 25.7 Å². The van der Waals surface area contributed by atoms with Gasteiger partial charge in [0.15, 0.2) is 34.7 Å². The third kappa shape index (κ3) is 3.93. The van der Waals surface area contributed by atoms with Gasteiger partial charge in [-0.15, -0.1) is 5.10 Å². The van der Waals surface area contributed by atoms with Crippen molar-refractivity contribution in [2.75, 3.05) is 56.7 Å². The van der Waals surface area contributed by atoms with E-state index in [9.17, 15) is 8.78 Å². The third-order valence-corrected chi connectivity index (χ3v) is 5.78. The molecule has 3 aromatic rings. The SMILES string of the molecule is COc1cc2ncc(-c3nc(NC4CCCNC4)c(F)cc3F)n2nc1N1CCOCC1. The standard InChI is InChI=1S/C21H25F2N7O2/c1-31-17-10-18-25-12-16(30(18)28-21(17)29-5-7-32-8-6-29)19-14(22)9-15(23)20(27-19)26-13-3-2-4-24-11-13/h9-10,12-13,24H,2-8,11H2,1H3,(H,26,27). The zero-order valence-corrected chi connectivity index (χ0v) is 17.8. The van der Waals surface area contributed by atoms with Gasteiger partial charge in [-0.05, 0) is 19.4 Å². The van der Waals surface area contributed by atoms with Crippen molar-refractivity contribution in [3.63, 3.8) is 0 Å². The Balaban J connectivity index is 1.55. The molecule has 2 fully saturated rings. The van der Waals surface area contributed by atoms with Crippen molar-refractivity contribution in [1.29, 1.82) is 0 Å². The number of piperidine rings is 1. The van der Waals surface area contributed by atoms with Crippen molar-refractivity contribution in [1.82, 2.24) is 24.9 Å². The molecule has 0 amide bonds. The Morgan fingerprint density at radius 2 is 2.06 bits per heavy atom. The van der Waals surface area contributed by atoms with Gasteiger partial charge in [-0.25, -0.2) is 23.3 Å². The van der Waals surface area contributed by atoms with Crippen LogP contribution in [0.25, 0.3) is 17.0 Å². The highest BCUT2D eigenvalue weighted by molar-refractivity contribution is 5.66. The van der Waals surface area contributed by atoms with Crippen LogP contribution in [-0.2, 0) is 4.74 Å². The summed E-state index contributed by atoms with van der Waals surface area (Å²) in [6.45, 7) is 4.12. The highest BCUT2D eigenvalue weighted by atomic mass is 19.1. The van der Waals surface area contributed by atoms with E-state index in [1.165, 1.54) is 10.7 Å². The van der Waals surface area contributed by atoms with Gasteiger partial charge >= 0.3 is 0 Å². The highest BCUT2D eigenvalue weighted by Crippen LogP contribution is 2.31. The molecule has 0 bridgehead atoms. The molecular formula is C21H25F2N7O2. The summed E-state index contributed by atoms with van der Waals surface area (Å²) in [6, 6.07) is 2.63. The maximum Gasteiger partial charge on any atom is 0.192 e. The van der Waals surface area contributed by atoms with Crippen LogP contribution >= 0.6 is 0 Å². The summed E-state index contributed by atoms with van der Waals surface area (Å²) in [5.74, 6) is -0.309. The van der Waals surface area contributed by atoms with Gasteiger partial charge < -0.3 is 25.0 Å². The Labute approximate surface area is 183 Å². The molecule has 5 heterocycles. The molecule has 11 heteroatoms. The summed E-state index contributed by atoms with van der Waals surface area (Å²) in [5.41, 5.74) is 0.792. The molecule has 2 N–H and O–H groups in total. The molecule has 1 atom stereocenters. The van der Waals surface area contributed by atoms with Crippen LogP contribution in [-0.4, -0.2) is 72.1 Å². The number of hydrogen-bond acceptors (Lipinski definition) is 8. The molecule has 1 unspecified atom stereocenters. The second-order valence-corrected chi connectivity index (χ2v) is 7.89. The number of hydrogen-bond donors (Lipinski definition) is 2. The summed E-state index contributed by atoms with van der Waals surface area (Å²) in [4.78, 5) is 10.7. The van der Waals surface area contributed by atoms with Gasteiger partial charge in [-0.2, -0.15) is 0 Å². The number of methoxy groups -OCH3 is 1. The van der Waals surface area contributed by atoms with Crippen molar-refractivity contribution in [3.05, 3.63) is 30.0 Å². The van der Waals surface area contributed by atoms with E-state index in [4.69, 9.17) is 9.47 Å². The molecule has 170 valence electrons. The minimum atomic E-state index is -0.776. The Kier molecular flexibility index (Phi) is 5.75. The van der Waals surface area contributed by atoms with Gasteiger partial charge in [0.1, 0.15) is 11.4 Å². The maximum atomic E-state index is 14.8. The van der Waals surface area contributed by atoms with Gasteiger partial charge in [0.05, 0.1) is 26.5 Å². The lowest BCUT2D eigenvalue weighted by Crippen LogP contribution is -2.38. The average Bonchev–Trinajstić information content (AvgIpc) is 3.24. The first-order chi connectivity index (χ1) is 15.6. The first kappa shape index (κ1) is 20.8. The third-order valence-electron chi connectivity index (χ3n) is 5.78. The van der Waals surface area contributed by atoms with Crippen LogP contribution < -0.4 is 20.3 Å². The fourth-order valence-corrected chi connectivity index (χ4v) is 4.11. The predicted octanol–water partition coefficient (Wildman–Crippen LogP) is 2.08. The molecule has 0 radical (unpaired) electrons. The van der Waals surface area contributed by atoms with Crippen molar-refractivity contribution in [2.24, 2.45) is 0 Å². The molecule has 9 nitrogen and oxygen atoms in total. The number of ether oxygens (including phenoxy) is 2. The van der Waals surface area contributed by atoms with E-state index in [0.29, 0.717) is 55.8 Å². The zero-order chi connectivity index (χ0) is 22.1. The Bertz CT molecular complexity index is 1110. The smallest absolute Gasteiger partial charge is 0.192 e. The quantitative estimate of drug-likeness (QED) is 0.617. The lowest BCUT2D eigenvalue weighted by Gasteiger charge is -2.28. The minimum absolute atomic E-state index is 0.0178. The topological polar surface area (TPSA) is 88.8 Å². The molecule has 3 aromatic heterocycles. The lowest BCUT2D eigenvalue weighted by molar-refractivity contribution is 0.122. The number of fused-ring (bicyclic) bond motifs is 1. The lowest BCUT2D eigenvalue weighted by atomic mass is 10.1. The average molecular weight is 445 g/mol. The van der Waals surface area contributed by atoms with Crippen LogP contribution in [0, 0.1) is 11.6 Å². The summed E-state index contributed by atoms with van der Waals surface area (Å²) in [6.07, 6.45) is 3.36. The van der Waals surface area contributed by atoms with E-state index in [1.807, 2.05) is 4.90 Å². The molecule has 0 spiro atoms. The molecule has 0 aliphatic carbocycles. The first-order valence-electron chi connectivity index (χ1n) is 10.7. The van der Waals surface area contributed by atoms with Gasteiger partial charge in [0.25, 0.3) is 0 Å². The van der Waals surface area contributed by atoms with Gasteiger partial charge in [-0.1, -0.05) is 0 Å². The molecule has 5 rings (SSSR count). The molecular weight excluding hydrogens is 420 g/mol. The summed E-state index contributed by atoms with van der Waals surface area (Å²) in [5, 5.41) is 11.0. The molecule has 2 saturated heterocycles. The van der Waals surface area contributed by atoms with Gasteiger partial charge in [-0.3, -0.25) is 0 Å². The summed E-state index contributed by atoms with van der Waals surface area (Å²) >= 11 is 0. The summed E-state index contributed by atoms with van der Waals surface area (Å²) < 4.78 is 41.8. The van der Waals surface area contributed by atoms with Crippen molar-refractivity contribution in [3.8, 4) is 17.1 Å². The molecule has 0 saturated carbocycles. The van der Waals surface area contributed by atoms with Crippen LogP contribution in [0.15, 0.2) is 18.3 Å². The molecule has 2 aliphatic rings. The molecule has 2 aliphatic heterocycles. The van der Waals surface area contributed by atoms with Crippen molar-refractivity contribution >= 4 is 17.3 Å². The highest BCUT2D eigenvalue weighted by Gasteiger charge is 2.23. The number of anilines is 2. The van der Waals surface area contributed by atoms with Crippen LogP contribution in [0.5, 0.6) is 5.75 Å². The normalized spacial score (nSPS) is 19.3. The monoisotopic (exact) mass is 445 g/mol. The number of rotatable bonds is 5. The fraction of sp³-hybridized carbons (Fsp3) is 0.476. The number of pyridine rings is 1. The van der Waals surface area contributed by atoms with E-state index in [0.717, 1.165) is 25.5 Å². The summed E-state index contributed by atoms with van der Waals surface area (Å²) in [7, 11) is 1.57. The molecule has 32 heavy (non-hydrogen) atoms. The predicted molar refractivity (Wildman–Crippen MR) is 115 cm³/mol. The van der Waals surface area contributed by atoms with Crippen molar-refractivity contribution in [2.45, 2.75) is 18.9 Å². The Morgan fingerprint density at radius 1 is 1.22 bits per heavy atom. The van der Waals surface area contributed by atoms with E-state index >= 15 is 0 Å². The van der Waals surface area contributed by atoms with Crippen LogP contribution in [0.2, 0.25) is 0 Å². The van der Waals surface area contributed by atoms with E-state index < -0.39 is 11.6 Å². The zero-order valence-electron chi connectivity index (χ0n) is 17.8. The maximum absolute atomic E-state index is 14.8. The van der Waals surface area contributed by atoms with E-state index in [1.54, 1.807) is 13.2 Å². The van der Waals surface area contributed by atoms with Crippen LogP contribution in [0.4, 0.5) is 20.4 Å². The number of imidazole rings is 1. The second-order valence-electron chi connectivity index (χ2n) is 7.89. The molecule has 0 aromatic carbocycles. The largest absolute Gasteiger partial charge is 0.493 e. The van der Waals surface area contributed by atoms with Crippen LogP contribution in [0.3, 0.4) is 0 Å². The number of nitrogens with one attached hydrogen (secondary N) is 2.